The van der Waals surface area contributed by atoms with Crippen LogP contribution in [0.3, 0.4) is 0 Å². The average Bonchev–Trinajstić information content (AvgIpc) is 3.58. The highest BCUT2D eigenvalue weighted by atomic mass is 32.1. The van der Waals surface area contributed by atoms with E-state index in [1.807, 2.05) is 35.9 Å². The van der Waals surface area contributed by atoms with Gasteiger partial charge in [0.1, 0.15) is 10.6 Å². The molecule has 2 aromatic carbocycles. The lowest BCUT2D eigenvalue weighted by molar-refractivity contribution is -0.118. The zero-order valence-electron chi connectivity index (χ0n) is 20.0. The van der Waals surface area contributed by atoms with Crippen LogP contribution in [-0.4, -0.2) is 43.0 Å². The van der Waals surface area contributed by atoms with Crippen LogP contribution in [0.4, 0.5) is 5.69 Å². The highest BCUT2D eigenvalue weighted by Gasteiger charge is 2.18. The number of esters is 1. The van der Waals surface area contributed by atoms with Gasteiger partial charge in [0.2, 0.25) is 4.80 Å². The maximum atomic E-state index is 12.4. The zero-order chi connectivity index (χ0) is 25.8. The number of benzene rings is 2. The molecule has 0 spiro atoms. The Morgan fingerprint density at radius 3 is 2.86 bits per heavy atom. The molecule has 0 unspecified atom stereocenters. The molecule has 1 amide bonds. The monoisotopic (exact) mass is 534 g/mol. The normalized spacial score (nSPS) is 13.2. The Hall–Kier alpha value is -4.22. The number of methoxy groups -OCH3 is 1. The van der Waals surface area contributed by atoms with E-state index in [2.05, 4.69) is 10.3 Å². The van der Waals surface area contributed by atoms with Gasteiger partial charge in [-0.2, -0.15) is 5.10 Å². The van der Waals surface area contributed by atoms with Gasteiger partial charge in [0.15, 0.2) is 18.1 Å². The van der Waals surface area contributed by atoms with Crippen molar-refractivity contribution < 1.29 is 23.8 Å². The molecule has 3 heterocycles. The van der Waals surface area contributed by atoms with E-state index >= 15 is 0 Å². The summed E-state index contributed by atoms with van der Waals surface area (Å²) in [4.78, 5) is 29.9. The van der Waals surface area contributed by atoms with Gasteiger partial charge in [-0.15, -0.1) is 22.7 Å². The fraction of sp³-hybridized carbons (Fsp3) is 0.154. The van der Waals surface area contributed by atoms with Crippen LogP contribution in [0.25, 0.3) is 11.3 Å². The number of thiophene rings is 1. The molecule has 1 N–H and O–H groups in total. The van der Waals surface area contributed by atoms with E-state index < -0.39 is 5.97 Å². The summed E-state index contributed by atoms with van der Waals surface area (Å²) in [6.45, 7) is 2.56. The molecule has 37 heavy (non-hydrogen) atoms. The number of rotatable bonds is 7. The number of nitrogens with one attached hydrogen (secondary N) is 1. The standard InChI is InChI=1S/C26H22N4O5S2/c1-3-27-26-30(19(15-37-26)17-7-9-20-18(12-17)29-24(31)14-34-20)28-13-16-6-8-21(22(11-16)33-2)35-25(32)23-5-4-10-36-23/h4-13,15H,3,14H2,1-2H3,(H,29,31). The molecular weight excluding hydrogens is 512 g/mol. The number of anilines is 1. The van der Waals surface area contributed by atoms with Crippen molar-refractivity contribution in [3.8, 4) is 28.5 Å². The minimum atomic E-state index is -0.439. The van der Waals surface area contributed by atoms with E-state index in [1.165, 1.54) is 29.8 Å². The summed E-state index contributed by atoms with van der Waals surface area (Å²) in [5.74, 6) is 0.723. The van der Waals surface area contributed by atoms with Gasteiger partial charge in [0.25, 0.3) is 5.91 Å². The lowest BCUT2D eigenvalue weighted by atomic mass is 10.1. The first-order valence-corrected chi connectivity index (χ1v) is 13.1. The molecule has 1 aliphatic heterocycles. The van der Waals surface area contributed by atoms with E-state index in [0.717, 1.165) is 21.6 Å². The van der Waals surface area contributed by atoms with Crippen LogP contribution in [0.1, 0.15) is 22.2 Å². The van der Waals surface area contributed by atoms with Crippen molar-refractivity contribution in [2.75, 3.05) is 25.6 Å². The van der Waals surface area contributed by atoms with Crippen molar-refractivity contribution >= 4 is 46.5 Å². The second kappa shape index (κ2) is 10.8. The quantitative estimate of drug-likeness (QED) is 0.211. The third kappa shape index (κ3) is 5.32. The summed E-state index contributed by atoms with van der Waals surface area (Å²) in [5.41, 5.74) is 3.02. The van der Waals surface area contributed by atoms with Crippen molar-refractivity contribution in [2.45, 2.75) is 6.92 Å². The average molecular weight is 535 g/mol. The highest BCUT2D eigenvalue weighted by molar-refractivity contribution is 7.12. The zero-order valence-corrected chi connectivity index (χ0v) is 21.6. The van der Waals surface area contributed by atoms with Gasteiger partial charge in [-0.1, -0.05) is 6.07 Å². The van der Waals surface area contributed by atoms with Crippen LogP contribution in [0.5, 0.6) is 17.2 Å². The van der Waals surface area contributed by atoms with Gasteiger partial charge in [-0.3, -0.25) is 9.79 Å². The van der Waals surface area contributed by atoms with Gasteiger partial charge in [-0.25, -0.2) is 9.47 Å². The molecule has 0 saturated carbocycles. The Kier molecular flexibility index (Phi) is 7.15. The third-order valence-corrected chi connectivity index (χ3v) is 7.03. The van der Waals surface area contributed by atoms with Crippen LogP contribution in [0.15, 0.2) is 69.4 Å². The van der Waals surface area contributed by atoms with Crippen molar-refractivity contribution in [3.05, 3.63) is 74.5 Å². The second-order valence-electron chi connectivity index (χ2n) is 7.76. The van der Waals surface area contributed by atoms with Crippen molar-refractivity contribution in [2.24, 2.45) is 10.1 Å². The van der Waals surface area contributed by atoms with Gasteiger partial charge in [0.05, 0.1) is 24.7 Å². The fourth-order valence-corrected chi connectivity index (χ4v) is 5.11. The van der Waals surface area contributed by atoms with Gasteiger partial charge < -0.3 is 19.5 Å². The van der Waals surface area contributed by atoms with Crippen LogP contribution < -0.4 is 24.3 Å². The van der Waals surface area contributed by atoms with E-state index in [-0.39, 0.29) is 12.5 Å². The minimum Gasteiger partial charge on any atom is -0.493 e. The van der Waals surface area contributed by atoms with Crippen LogP contribution in [0.2, 0.25) is 0 Å². The Morgan fingerprint density at radius 1 is 1.19 bits per heavy atom. The lowest BCUT2D eigenvalue weighted by Gasteiger charge is -2.18. The molecule has 5 rings (SSSR count). The summed E-state index contributed by atoms with van der Waals surface area (Å²) in [5, 5.41) is 11.3. The lowest BCUT2D eigenvalue weighted by Crippen LogP contribution is -2.25. The molecule has 4 aromatic rings. The number of thiazole rings is 1. The first kappa shape index (κ1) is 24.5. The second-order valence-corrected chi connectivity index (χ2v) is 9.54. The maximum Gasteiger partial charge on any atom is 0.353 e. The summed E-state index contributed by atoms with van der Waals surface area (Å²) in [6.07, 6.45) is 1.68. The molecule has 1 aliphatic rings. The first-order valence-electron chi connectivity index (χ1n) is 11.3. The topological polar surface area (TPSA) is 104 Å². The van der Waals surface area contributed by atoms with E-state index in [4.69, 9.17) is 19.3 Å². The maximum absolute atomic E-state index is 12.4. The van der Waals surface area contributed by atoms with Crippen molar-refractivity contribution in [1.82, 2.24) is 4.68 Å². The third-order valence-electron chi connectivity index (χ3n) is 5.32. The number of fused-ring (bicyclic) bond motifs is 1. The summed E-state index contributed by atoms with van der Waals surface area (Å²) in [7, 11) is 1.52. The molecule has 0 aliphatic carbocycles. The fourth-order valence-electron chi connectivity index (χ4n) is 3.61. The SMILES string of the molecule is CCN=c1scc(-c2ccc3c(c2)NC(=O)CO3)n1N=Cc1ccc(OC(=O)c2cccs2)c(OC)c1. The predicted octanol–water partition coefficient (Wildman–Crippen LogP) is 4.64. The number of carbonyl (C=O) groups excluding carboxylic acids is 2. The number of carbonyl (C=O) groups is 2. The summed E-state index contributed by atoms with van der Waals surface area (Å²) < 4.78 is 18.2. The van der Waals surface area contributed by atoms with Crippen LogP contribution in [0, 0.1) is 0 Å². The number of nitrogens with zero attached hydrogens (tertiary/aromatic N) is 3. The Morgan fingerprint density at radius 2 is 2.08 bits per heavy atom. The summed E-state index contributed by atoms with van der Waals surface area (Å²) in [6, 6.07) is 14.3. The van der Waals surface area contributed by atoms with Gasteiger partial charge in [0, 0.05) is 17.5 Å². The molecule has 188 valence electrons. The minimum absolute atomic E-state index is 0.00407. The van der Waals surface area contributed by atoms with Crippen molar-refractivity contribution in [1.29, 1.82) is 0 Å². The van der Waals surface area contributed by atoms with E-state index in [0.29, 0.717) is 34.4 Å². The highest BCUT2D eigenvalue weighted by Crippen LogP contribution is 2.33. The smallest absolute Gasteiger partial charge is 0.353 e. The van der Waals surface area contributed by atoms with Gasteiger partial charge in [-0.05, 0) is 60.3 Å². The molecule has 0 saturated heterocycles. The van der Waals surface area contributed by atoms with E-state index in [1.54, 1.807) is 41.2 Å². The van der Waals surface area contributed by atoms with Crippen molar-refractivity contribution in [3.63, 3.8) is 0 Å². The molecule has 0 bridgehead atoms. The molecule has 11 heteroatoms. The Labute approximate surface area is 220 Å². The van der Waals surface area contributed by atoms with Crippen LogP contribution >= 0.6 is 22.7 Å². The first-order chi connectivity index (χ1) is 18.1. The number of amides is 1. The Bertz CT molecular complexity index is 1550. The molecule has 9 nitrogen and oxygen atoms in total. The molecule has 0 radical (unpaired) electrons. The summed E-state index contributed by atoms with van der Waals surface area (Å²) >= 11 is 2.78. The molecule has 0 atom stereocenters. The Balaban J connectivity index is 1.45. The number of aromatic nitrogens is 1. The van der Waals surface area contributed by atoms with Crippen LogP contribution in [-0.2, 0) is 4.79 Å². The molecular formula is C26H22N4O5S2. The van der Waals surface area contributed by atoms with E-state index in [9.17, 15) is 9.59 Å². The largest absolute Gasteiger partial charge is 0.493 e. The number of ether oxygens (including phenoxy) is 3. The molecule has 0 fully saturated rings. The number of hydrogen-bond acceptors (Lipinski definition) is 9. The molecule has 2 aromatic heterocycles. The van der Waals surface area contributed by atoms with Gasteiger partial charge >= 0.3 is 5.97 Å². The predicted molar refractivity (Wildman–Crippen MR) is 143 cm³/mol. The number of hydrogen-bond donors (Lipinski definition) is 1.